The Hall–Kier alpha value is -3.38. The fourth-order valence-electron chi connectivity index (χ4n) is 4.67. The van der Waals surface area contributed by atoms with Crippen LogP contribution >= 0.6 is 0 Å². The van der Waals surface area contributed by atoms with Crippen LogP contribution in [0.2, 0.25) is 0 Å². The number of likely N-dealkylation sites (N-methyl/N-ethyl adjacent to an activating group) is 1. The second-order valence-electron chi connectivity index (χ2n) is 8.93. The van der Waals surface area contributed by atoms with Gasteiger partial charge in [0, 0.05) is 44.8 Å². The molecule has 1 fully saturated rings. The van der Waals surface area contributed by atoms with Gasteiger partial charge < -0.3 is 19.1 Å². The number of nitrogens with zero attached hydrogens (tertiary/aromatic N) is 3. The van der Waals surface area contributed by atoms with Gasteiger partial charge in [0.1, 0.15) is 0 Å². The van der Waals surface area contributed by atoms with E-state index in [1.807, 2.05) is 23.1 Å². The minimum absolute atomic E-state index is 0.0197. The number of hydrogen-bond acceptors (Lipinski definition) is 4. The van der Waals surface area contributed by atoms with Crippen LogP contribution in [0.5, 0.6) is 0 Å². The Morgan fingerprint density at radius 2 is 1.61 bits per heavy atom. The van der Waals surface area contributed by atoms with Crippen LogP contribution in [0.4, 0.5) is 0 Å². The summed E-state index contributed by atoms with van der Waals surface area (Å²) in [6, 6.07) is 15.9. The summed E-state index contributed by atoms with van der Waals surface area (Å²) in [5.41, 5.74) is 3.36. The molecule has 0 radical (unpaired) electrons. The van der Waals surface area contributed by atoms with E-state index >= 15 is 0 Å². The minimum atomic E-state index is -0.115. The highest BCUT2D eigenvalue weighted by atomic mass is 16.3. The van der Waals surface area contributed by atoms with Crippen molar-refractivity contribution in [2.45, 2.75) is 12.8 Å². The molecule has 0 spiro atoms. The number of rotatable bonds is 3. The zero-order valence-electron chi connectivity index (χ0n) is 19.0. The highest BCUT2D eigenvalue weighted by Crippen LogP contribution is 2.26. The van der Waals surface area contributed by atoms with Crippen LogP contribution in [-0.2, 0) is 0 Å². The Kier molecular flexibility index (Phi) is 6.01. The number of carbonyl (C=O) groups is 2. The molecule has 1 saturated heterocycles. The number of benzene rings is 2. The van der Waals surface area contributed by atoms with Gasteiger partial charge in [-0.2, -0.15) is 0 Å². The summed E-state index contributed by atoms with van der Waals surface area (Å²) in [5, 5.41) is 2.22. The molecule has 0 saturated carbocycles. The predicted octanol–water partition coefficient (Wildman–Crippen LogP) is 4.14. The van der Waals surface area contributed by atoms with E-state index in [9.17, 15) is 9.59 Å². The van der Waals surface area contributed by atoms with E-state index in [1.165, 1.54) is 17.4 Å². The second-order valence-corrected chi connectivity index (χ2v) is 8.93. The van der Waals surface area contributed by atoms with Crippen molar-refractivity contribution in [3.8, 4) is 0 Å². The van der Waals surface area contributed by atoms with E-state index in [1.54, 1.807) is 17.0 Å². The van der Waals surface area contributed by atoms with Gasteiger partial charge in [0.05, 0.1) is 6.26 Å². The van der Waals surface area contributed by atoms with Crippen molar-refractivity contribution in [1.29, 1.82) is 0 Å². The number of hydrogen-bond donors (Lipinski definition) is 0. The highest BCUT2D eigenvalue weighted by molar-refractivity contribution is 5.99. The third-order valence-electron chi connectivity index (χ3n) is 6.67. The van der Waals surface area contributed by atoms with Crippen LogP contribution < -0.4 is 0 Å². The Morgan fingerprint density at radius 3 is 2.33 bits per heavy atom. The standard InChI is InChI=1S/C27H29N3O3/c1-28-13-9-20(10-14-28)21-5-6-23-19-24(8-7-22(23)18-21)26(31)29-11-3-12-30(16-15-29)27(32)25-4-2-17-33-25/h2,4-9,17-19H,3,10-16H2,1H3. The molecule has 2 aliphatic rings. The first kappa shape index (κ1) is 21.5. The van der Waals surface area contributed by atoms with E-state index < -0.39 is 0 Å². The normalized spacial score (nSPS) is 17.7. The quantitative estimate of drug-likeness (QED) is 0.611. The van der Waals surface area contributed by atoms with Gasteiger partial charge in [0.15, 0.2) is 5.76 Å². The van der Waals surface area contributed by atoms with Crippen molar-refractivity contribution < 1.29 is 14.0 Å². The molecule has 0 aliphatic carbocycles. The first-order valence-corrected chi connectivity index (χ1v) is 11.6. The fraction of sp³-hybridized carbons (Fsp3) is 0.333. The lowest BCUT2D eigenvalue weighted by molar-refractivity contribution is 0.0700. The molecule has 0 bridgehead atoms. The lowest BCUT2D eigenvalue weighted by Gasteiger charge is -2.22. The molecule has 3 heterocycles. The molecule has 1 aromatic heterocycles. The van der Waals surface area contributed by atoms with E-state index in [2.05, 4.69) is 36.2 Å². The monoisotopic (exact) mass is 443 g/mol. The summed E-state index contributed by atoms with van der Waals surface area (Å²) >= 11 is 0. The van der Waals surface area contributed by atoms with Crippen LogP contribution in [0.3, 0.4) is 0 Å². The molecular weight excluding hydrogens is 414 g/mol. The summed E-state index contributed by atoms with van der Waals surface area (Å²) in [5.74, 6) is 0.251. The first-order valence-electron chi connectivity index (χ1n) is 11.6. The number of carbonyl (C=O) groups excluding carboxylic acids is 2. The summed E-state index contributed by atoms with van der Waals surface area (Å²) in [6.07, 6.45) is 5.63. The molecule has 0 atom stereocenters. The summed E-state index contributed by atoms with van der Waals surface area (Å²) in [7, 11) is 2.14. The molecular formula is C27H29N3O3. The summed E-state index contributed by atoms with van der Waals surface area (Å²) in [6.45, 7) is 4.35. The Labute approximate surface area is 194 Å². The van der Waals surface area contributed by atoms with E-state index in [-0.39, 0.29) is 11.8 Å². The van der Waals surface area contributed by atoms with Crippen LogP contribution in [0.25, 0.3) is 16.3 Å². The molecule has 33 heavy (non-hydrogen) atoms. The third-order valence-corrected chi connectivity index (χ3v) is 6.67. The van der Waals surface area contributed by atoms with E-state index in [0.717, 1.165) is 36.7 Å². The lowest BCUT2D eigenvalue weighted by atomic mass is 9.96. The Bertz CT molecular complexity index is 1200. The molecule has 3 aromatic rings. The van der Waals surface area contributed by atoms with Crippen molar-refractivity contribution in [3.63, 3.8) is 0 Å². The van der Waals surface area contributed by atoms with E-state index in [0.29, 0.717) is 37.5 Å². The summed E-state index contributed by atoms with van der Waals surface area (Å²) in [4.78, 5) is 31.8. The zero-order valence-corrected chi connectivity index (χ0v) is 19.0. The Morgan fingerprint density at radius 1 is 0.848 bits per heavy atom. The molecule has 2 aromatic carbocycles. The van der Waals surface area contributed by atoms with E-state index in [4.69, 9.17) is 4.42 Å². The third kappa shape index (κ3) is 4.57. The predicted molar refractivity (Wildman–Crippen MR) is 129 cm³/mol. The van der Waals surface area contributed by atoms with Crippen molar-refractivity contribution >= 4 is 28.2 Å². The van der Waals surface area contributed by atoms with Gasteiger partial charge in [0.2, 0.25) is 0 Å². The molecule has 170 valence electrons. The number of fused-ring (bicyclic) bond motifs is 1. The fourth-order valence-corrected chi connectivity index (χ4v) is 4.67. The maximum Gasteiger partial charge on any atom is 0.289 e. The van der Waals surface area contributed by atoms with Crippen molar-refractivity contribution in [2.75, 3.05) is 46.3 Å². The number of amides is 2. The maximum absolute atomic E-state index is 13.2. The highest BCUT2D eigenvalue weighted by Gasteiger charge is 2.24. The first-order chi connectivity index (χ1) is 16.1. The van der Waals surface area contributed by atoms with Crippen LogP contribution in [0, 0.1) is 0 Å². The van der Waals surface area contributed by atoms with Crippen LogP contribution in [0.1, 0.15) is 39.3 Å². The number of furan rings is 1. The molecule has 5 rings (SSSR count). The molecule has 0 N–H and O–H groups in total. The van der Waals surface area contributed by atoms with Gasteiger partial charge in [-0.15, -0.1) is 0 Å². The van der Waals surface area contributed by atoms with Gasteiger partial charge >= 0.3 is 0 Å². The van der Waals surface area contributed by atoms with Crippen LogP contribution in [-0.4, -0.2) is 72.8 Å². The average molecular weight is 444 g/mol. The van der Waals surface area contributed by atoms with Gasteiger partial charge in [-0.05, 0) is 72.1 Å². The summed E-state index contributed by atoms with van der Waals surface area (Å²) < 4.78 is 5.25. The molecule has 0 unspecified atom stereocenters. The molecule has 2 amide bonds. The minimum Gasteiger partial charge on any atom is -0.459 e. The largest absolute Gasteiger partial charge is 0.459 e. The smallest absolute Gasteiger partial charge is 0.289 e. The van der Waals surface area contributed by atoms with Crippen LogP contribution in [0.15, 0.2) is 65.3 Å². The second kappa shape index (κ2) is 9.24. The van der Waals surface area contributed by atoms with Gasteiger partial charge in [-0.25, -0.2) is 0 Å². The average Bonchev–Trinajstić information content (AvgIpc) is 3.28. The van der Waals surface area contributed by atoms with Gasteiger partial charge in [0.25, 0.3) is 11.8 Å². The molecule has 6 heteroatoms. The van der Waals surface area contributed by atoms with Gasteiger partial charge in [-0.1, -0.05) is 24.3 Å². The van der Waals surface area contributed by atoms with Crippen molar-refractivity contribution in [2.24, 2.45) is 0 Å². The van der Waals surface area contributed by atoms with Crippen molar-refractivity contribution in [1.82, 2.24) is 14.7 Å². The van der Waals surface area contributed by atoms with Gasteiger partial charge in [-0.3, -0.25) is 9.59 Å². The topological polar surface area (TPSA) is 57.0 Å². The Balaban J connectivity index is 1.29. The molecule has 6 nitrogen and oxygen atoms in total. The lowest BCUT2D eigenvalue weighted by Crippen LogP contribution is -2.37. The SMILES string of the molecule is CN1CC=C(c2ccc3cc(C(=O)N4CCCN(C(=O)c5ccco5)CC4)ccc3c2)CC1. The zero-order chi connectivity index (χ0) is 22.8. The maximum atomic E-state index is 13.2. The molecule has 2 aliphatic heterocycles. The van der Waals surface area contributed by atoms with Crippen molar-refractivity contribution in [3.05, 3.63) is 77.8 Å².